The summed E-state index contributed by atoms with van der Waals surface area (Å²) in [6.07, 6.45) is 5.54. The van der Waals surface area contributed by atoms with Gasteiger partial charge in [0, 0.05) is 31.1 Å². The van der Waals surface area contributed by atoms with Crippen molar-refractivity contribution in [2.45, 2.75) is 64.1 Å². The van der Waals surface area contributed by atoms with Gasteiger partial charge in [0.05, 0.1) is 0 Å². The number of hydrogen-bond acceptors (Lipinski definition) is 3. The molecule has 2 rings (SSSR count). The molecule has 3 unspecified atom stereocenters. The molecule has 16 heavy (non-hydrogen) atoms. The van der Waals surface area contributed by atoms with Crippen molar-refractivity contribution in [2.75, 3.05) is 6.54 Å². The number of carbonyl (C=O) groups excluding carboxylic acids is 1. The Morgan fingerprint density at radius 1 is 1.31 bits per heavy atom. The van der Waals surface area contributed by atoms with Gasteiger partial charge in [-0.25, -0.2) is 5.01 Å². The van der Waals surface area contributed by atoms with Crippen LogP contribution in [0.4, 0.5) is 0 Å². The second-order valence-corrected chi connectivity index (χ2v) is 5.20. The Bertz CT molecular complexity index is 247. The highest BCUT2D eigenvalue weighted by atomic mass is 16.1. The molecule has 0 bridgehead atoms. The first-order chi connectivity index (χ1) is 7.66. The average molecular weight is 225 g/mol. The van der Waals surface area contributed by atoms with Crippen LogP contribution in [0.2, 0.25) is 0 Å². The number of hydrazine groups is 1. The Kier molecular flexibility index (Phi) is 3.82. The van der Waals surface area contributed by atoms with Gasteiger partial charge < -0.3 is 5.32 Å². The molecule has 2 heterocycles. The molecule has 0 radical (unpaired) electrons. The van der Waals surface area contributed by atoms with Crippen LogP contribution in [0.15, 0.2) is 0 Å². The molecule has 0 aliphatic carbocycles. The summed E-state index contributed by atoms with van der Waals surface area (Å²) in [6, 6.07) is 1.55. The zero-order chi connectivity index (χ0) is 11.5. The minimum atomic E-state index is 0.201. The van der Waals surface area contributed by atoms with Gasteiger partial charge in [0.25, 0.3) is 0 Å². The van der Waals surface area contributed by atoms with E-state index in [9.17, 15) is 4.79 Å². The van der Waals surface area contributed by atoms with Gasteiger partial charge in [-0.05, 0) is 33.1 Å². The molecule has 2 saturated heterocycles. The molecule has 0 saturated carbocycles. The number of nitrogens with one attached hydrogen (secondary N) is 2. The van der Waals surface area contributed by atoms with Crippen LogP contribution in [0.1, 0.15) is 46.0 Å². The average Bonchev–Trinajstić information content (AvgIpc) is 2.63. The Labute approximate surface area is 97.7 Å². The van der Waals surface area contributed by atoms with Crippen molar-refractivity contribution in [3.8, 4) is 0 Å². The normalized spacial score (nSPS) is 36.4. The van der Waals surface area contributed by atoms with Crippen LogP contribution in [0.3, 0.4) is 0 Å². The van der Waals surface area contributed by atoms with Gasteiger partial charge in [0.15, 0.2) is 0 Å². The fraction of sp³-hybridized carbons (Fsp3) is 0.917. The van der Waals surface area contributed by atoms with Crippen molar-refractivity contribution in [3.05, 3.63) is 0 Å². The van der Waals surface area contributed by atoms with Crippen LogP contribution in [0, 0.1) is 0 Å². The molecule has 92 valence electrons. The largest absolute Gasteiger partial charge is 0.352 e. The van der Waals surface area contributed by atoms with Gasteiger partial charge in [0.2, 0.25) is 5.91 Å². The number of carbonyl (C=O) groups is 1. The van der Waals surface area contributed by atoms with Gasteiger partial charge in [-0.15, -0.1) is 0 Å². The Morgan fingerprint density at radius 2 is 2.00 bits per heavy atom. The van der Waals surface area contributed by atoms with E-state index in [0.717, 1.165) is 13.0 Å². The van der Waals surface area contributed by atoms with Gasteiger partial charge in [0.1, 0.15) is 0 Å². The summed E-state index contributed by atoms with van der Waals surface area (Å²) in [6.45, 7) is 5.42. The predicted octanol–water partition coefficient (Wildman–Crippen LogP) is 1.03. The summed E-state index contributed by atoms with van der Waals surface area (Å²) in [5, 5.41) is 5.36. The Hall–Kier alpha value is -0.610. The maximum atomic E-state index is 11.1. The molecule has 4 nitrogen and oxygen atoms in total. The SMILES string of the molecule is CC1CCCC(C)N1NCC1CCC(=O)N1. The summed E-state index contributed by atoms with van der Waals surface area (Å²) in [4.78, 5) is 11.1. The second-order valence-electron chi connectivity index (χ2n) is 5.20. The lowest BCUT2D eigenvalue weighted by Crippen LogP contribution is -2.54. The van der Waals surface area contributed by atoms with E-state index in [0.29, 0.717) is 24.5 Å². The minimum Gasteiger partial charge on any atom is -0.352 e. The topological polar surface area (TPSA) is 44.4 Å². The van der Waals surface area contributed by atoms with Crippen LogP contribution >= 0.6 is 0 Å². The molecule has 2 fully saturated rings. The van der Waals surface area contributed by atoms with Gasteiger partial charge in [-0.3, -0.25) is 10.2 Å². The number of amides is 1. The molecule has 0 aromatic rings. The smallest absolute Gasteiger partial charge is 0.220 e. The first-order valence-corrected chi connectivity index (χ1v) is 6.48. The minimum absolute atomic E-state index is 0.201. The summed E-state index contributed by atoms with van der Waals surface area (Å²) in [7, 11) is 0. The van der Waals surface area contributed by atoms with E-state index in [4.69, 9.17) is 0 Å². The third-order valence-corrected chi connectivity index (χ3v) is 3.80. The first kappa shape index (κ1) is 11.9. The predicted molar refractivity (Wildman–Crippen MR) is 63.8 cm³/mol. The lowest BCUT2D eigenvalue weighted by Gasteiger charge is -2.39. The van der Waals surface area contributed by atoms with Crippen LogP contribution in [-0.2, 0) is 4.79 Å². The molecule has 2 aliphatic rings. The molecule has 0 aromatic carbocycles. The number of nitrogens with zero attached hydrogens (tertiary/aromatic N) is 1. The van der Waals surface area contributed by atoms with Crippen molar-refractivity contribution in [3.63, 3.8) is 0 Å². The maximum absolute atomic E-state index is 11.1. The standard InChI is InChI=1S/C12H23N3O/c1-9-4-3-5-10(2)15(9)13-8-11-6-7-12(16)14-11/h9-11,13H,3-8H2,1-2H3,(H,14,16). The van der Waals surface area contributed by atoms with Gasteiger partial charge in [-0.1, -0.05) is 6.42 Å². The molecule has 0 spiro atoms. The highest BCUT2D eigenvalue weighted by molar-refractivity contribution is 5.78. The zero-order valence-corrected chi connectivity index (χ0v) is 10.3. The summed E-state index contributed by atoms with van der Waals surface area (Å²) in [5.41, 5.74) is 3.50. The number of rotatable bonds is 3. The van der Waals surface area contributed by atoms with Crippen LogP contribution in [-0.4, -0.2) is 35.6 Å². The van der Waals surface area contributed by atoms with E-state index in [1.807, 2.05) is 0 Å². The highest BCUT2D eigenvalue weighted by Gasteiger charge is 2.26. The molecule has 2 aliphatic heterocycles. The molecule has 0 aromatic heterocycles. The molecular formula is C12H23N3O. The van der Waals surface area contributed by atoms with Crippen molar-refractivity contribution >= 4 is 5.91 Å². The molecule has 3 atom stereocenters. The summed E-state index contributed by atoms with van der Waals surface area (Å²) < 4.78 is 0. The second kappa shape index (κ2) is 5.15. The quantitative estimate of drug-likeness (QED) is 0.754. The fourth-order valence-corrected chi connectivity index (χ4v) is 2.78. The van der Waals surface area contributed by atoms with Crippen molar-refractivity contribution in [1.82, 2.24) is 15.8 Å². The maximum Gasteiger partial charge on any atom is 0.220 e. The lowest BCUT2D eigenvalue weighted by molar-refractivity contribution is -0.119. The third kappa shape index (κ3) is 2.74. The summed E-state index contributed by atoms with van der Waals surface area (Å²) >= 11 is 0. The van der Waals surface area contributed by atoms with E-state index in [2.05, 4.69) is 29.6 Å². The lowest BCUT2D eigenvalue weighted by atomic mass is 10.00. The van der Waals surface area contributed by atoms with Gasteiger partial charge in [-0.2, -0.15) is 0 Å². The van der Waals surface area contributed by atoms with E-state index in [1.54, 1.807) is 0 Å². The van der Waals surface area contributed by atoms with Crippen molar-refractivity contribution in [1.29, 1.82) is 0 Å². The van der Waals surface area contributed by atoms with E-state index in [-0.39, 0.29) is 5.91 Å². The van der Waals surface area contributed by atoms with E-state index >= 15 is 0 Å². The number of piperidine rings is 1. The van der Waals surface area contributed by atoms with Crippen LogP contribution in [0.25, 0.3) is 0 Å². The number of hydrogen-bond donors (Lipinski definition) is 2. The molecule has 1 amide bonds. The van der Waals surface area contributed by atoms with Gasteiger partial charge >= 0.3 is 0 Å². The van der Waals surface area contributed by atoms with Crippen LogP contribution < -0.4 is 10.7 Å². The van der Waals surface area contributed by atoms with E-state index < -0.39 is 0 Å². The Morgan fingerprint density at radius 3 is 2.56 bits per heavy atom. The fourth-order valence-electron chi connectivity index (χ4n) is 2.78. The van der Waals surface area contributed by atoms with E-state index in [1.165, 1.54) is 19.3 Å². The van der Waals surface area contributed by atoms with Crippen molar-refractivity contribution < 1.29 is 4.79 Å². The zero-order valence-electron chi connectivity index (χ0n) is 10.3. The molecule has 2 N–H and O–H groups in total. The first-order valence-electron chi connectivity index (χ1n) is 6.48. The Balaban J connectivity index is 1.77. The van der Waals surface area contributed by atoms with Crippen LogP contribution in [0.5, 0.6) is 0 Å². The summed E-state index contributed by atoms with van der Waals surface area (Å²) in [5.74, 6) is 0.201. The monoisotopic (exact) mass is 225 g/mol. The van der Waals surface area contributed by atoms with Crippen molar-refractivity contribution in [2.24, 2.45) is 0 Å². The third-order valence-electron chi connectivity index (χ3n) is 3.80. The molecular weight excluding hydrogens is 202 g/mol. The molecule has 4 heteroatoms. The highest BCUT2D eigenvalue weighted by Crippen LogP contribution is 2.20.